The minimum atomic E-state index is -0.679. The Kier molecular flexibility index (Phi) is 8.25. The van der Waals surface area contributed by atoms with Crippen LogP contribution in [0.5, 0.6) is 0 Å². The molecular formula is C31H32Cl3N3O2. The average Bonchev–Trinajstić information content (AvgIpc) is 3.66. The van der Waals surface area contributed by atoms with Crippen LogP contribution in [-0.4, -0.2) is 36.3 Å². The van der Waals surface area contributed by atoms with Crippen molar-refractivity contribution in [3.05, 3.63) is 105 Å². The molecular weight excluding hydrogens is 553 g/mol. The monoisotopic (exact) mass is 583 g/mol. The van der Waals surface area contributed by atoms with E-state index in [0.29, 0.717) is 21.6 Å². The van der Waals surface area contributed by atoms with Gasteiger partial charge in [0.2, 0.25) is 11.8 Å². The number of nitrogens with zero attached hydrogens (tertiary/aromatic N) is 1. The van der Waals surface area contributed by atoms with Crippen molar-refractivity contribution < 1.29 is 9.59 Å². The number of halogens is 3. The van der Waals surface area contributed by atoms with E-state index in [1.807, 2.05) is 54.6 Å². The van der Waals surface area contributed by atoms with Crippen LogP contribution >= 0.6 is 34.8 Å². The molecule has 5 nitrogen and oxygen atoms in total. The van der Waals surface area contributed by atoms with Gasteiger partial charge in [-0.1, -0.05) is 89.4 Å². The molecule has 39 heavy (non-hydrogen) atoms. The third kappa shape index (κ3) is 5.83. The molecule has 2 amide bonds. The molecule has 1 aliphatic heterocycles. The molecule has 0 radical (unpaired) electrons. The number of nitrogens with one attached hydrogen (secondary N) is 2. The summed E-state index contributed by atoms with van der Waals surface area (Å²) in [5.74, 6) is 0.0778. The minimum absolute atomic E-state index is 0.0247. The van der Waals surface area contributed by atoms with Crippen LogP contribution in [0.1, 0.15) is 42.9 Å². The van der Waals surface area contributed by atoms with Crippen LogP contribution in [0.15, 0.2) is 72.8 Å². The molecule has 3 aromatic rings. The van der Waals surface area contributed by atoms with E-state index >= 15 is 0 Å². The van der Waals surface area contributed by atoms with E-state index in [1.54, 1.807) is 13.0 Å². The number of benzene rings is 3. The molecule has 1 saturated heterocycles. The predicted octanol–water partition coefficient (Wildman–Crippen LogP) is 6.35. The highest BCUT2D eigenvalue weighted by molar-refractivity contribution is 6.42. The second-order valence-corrected chi connectivity index (χ2v) is 11.9. The van der Waals surface area contributed by atoms with Crippen molar-refractivity contribution >= 4 is 46.6 Å². The highest BCUT2D eigenvalue weighted by Crippen LogP contribution is 2.56. The summed E-state index contributed by atoms with van der Waals surface area (Å²) in [6.07, 6.45) is 2.34. The maximum absolute atomic E-state index is 13.8. The second-order valence-electron chi connectivity index (χ2n) is 10.7. The van der Waals surface area contributed by atoms with Crippen molar-refractivity contribution in [2.75, 3.05) is 19.6 Å². The normalized spacial score (nSPS) is 22.2. The van der Waals surface area contributed by atoms with Crippen LogP contribution in [-0.2, 0) is 27.1 Å². The highest BCUT2D eigenvalue weighted by atomic mass is 35.5. The van der Waals surface area contributed by atoms with Crippen LogP contribution in [0, 0.1) is 5.92 Å². The lowest BCUT2D eigenvalue weighted by Crippen LogP contribution is -2.53. The van der Waals surface area contributed by atoms with Crippen molar-refractivity contribution in [2.24, 2.45) is 5.92 Å². The van der Waals surface area contributed by atoms with E-state index in [-0.39, 0.29) is 23.3 Å². The molecule has 0 bridgehead atoms. The van der Waals surface area contributed by atoms with Gasteiger partial charge in [-0.3, -0.25) is 9.59 Å². The fourth-order valence-electron chi connectivity index (χ4n) is 6.07. The number of amides is 2. The Bertz CT molecular complexity index is 1360. The molecule has 0 unspecified atom stereocenters. The molecule has 1 aliphatic carbocycles. The summed E-state index contributed by atoms with van der Waals surface area (Å²) in [4.78, 5) is 28.3. The quantitative estimate of drug-likeness (QED) is 0.324. The molecule has 2 atom stereocenters. The molecule has 0 aromatic heterocycles. The number of hydrogen-bond acceptors (Lipinski definition) is 3. The molecule has 1 heterocycles. The van der Waals surface area contributed by atoms with Crippen molar-refractivity contribution in [2.45, 2.75) is 43.7 Å². The van der Waals surface area contributed by atoms with Gasteiger partial charge >= 0.3 is 0 Å². The number of piperidine rings is 1. The zero-order chi connectivity index (χ0) is 27.6. The Labute approximate surface area is 244 Å². The Balaban J connectivity index is 1.32. The zero-order valence-electron chi connectivity index (χ0n) is 21.9. The third-order valence-electron chi connectivity index (χ3n) is 8.27. The topological polar surface area (TPSA) is 61.4 Å². The van der Waals surface area contributed by atoms with Crippen LogP contribution in [0.3, 0.4) is 0 Å². The fraction of sp³-hybridized carbons (Fsp3) is 0.355. The molecule has 3 aromatic carbocycles. The molecule has 204 valence electrons. The van der Waals surface area contributed by atoms with Gasteiger partial charge in [-0.25, -0.2) is 0 Å². The number of carbonyl (C=O) groups is 2. The maximum atomic E-state index is 13.8. The van der Waals surface area contributed by atoms with Crippen LogP contribution < -0.4 is 10.6 Å². The Morgan fingerprint density at radius 3 is 2.23 bits per heavy atom. The van der Waals surface area contributed by atoms with Gasteiger partial charge in [0.25, 0.3) is 0 Å². The molecule has 2 N–H and O–H groups in total. The first-order valence-corrected chi connectivity index (χ1v) is 14.4. The molecule has 8 heteroatoms. The van der Waals surface area contributed by atoms with Crippen LogP contribution in [0.2, 0.25) is 15.1 Å². The minimum Gasteiger partial charge on any atom is -0.351 e. The molecule has 0 spiro atoms. The van der Waals surface area contributed by atoms with E-state index < -0.39 is 5.41 Å². The van der Waals surface area contributed by atoms with E-state index in [9.17, 15) is 9.59 Å². The summed E-state index contributed by atoms with van der Waals surface area (Å²) in [5.41, 5.74) is 1.84. The first-order chi connectivity index (χ1) is 18.7. The first kappa shape index (κ1) is 28.0. The molecule has 2 fully saturated rings. The maximum Gasteiger partial charge on any atom is 0.231 e. The van der Waals surface area contributed by atoms with Crippen LogP contribution in [0.4, 0.5) is 0 Å². The smallest absolute Gasteiger partial charge is 0.231 e. The third-order valence-corrected chi connectivity index (χ3v) is 9.38. The lowest BCUT2D eigenvalue weighted by molar-refractivity contribution is -0.124. The van der Waals surface area contributed by atoms with Crippen molar-refractivity contribution in [3.8, 4) is 0 Å². The number of hydrogen-bond donors (Lipinski definition) is 2. The van der Waals surface area contributed by atoms with Gasteiger partial charge in [-0.15, -0.1) is 0 Å². The van der Waals surface area contributed by atoms with Crippen molar-refractivity contribution in [1.29, 1.82) is 0 Å². The van der Waals surface area contributed by atoms with Crippen LogP contribution in [0.25, 0.3) is 0 Å². The lowest BCUT2D eigenvalue weighted by Gasteiger charge is -2.43. The highest BCUT2D eigenvalue weighted by Gasteiger charge is 2.61. The summed E-state index contributed by atoms with van der Waals surface area (Å²) >= 11 is 18.9. The fourth-order valence-corrected chi connectivity index (χ4v) is 6.57. The lowest BCUT2D eigenvalue weighted by atomic mass is 9.80. The molecule has 1 saturated carbocycles. The van der Waals surface area contributed by atoms with Crippen molar-refractivity contribution in [1.82, 2.24) is 15.5 Å². The van der Waals surface area contributed by atoms with Gasteiger partial charge in [0.05, 0.1) is 21.0 Å². The van der Waals surface area contributed by atoms with Gasteiger partial charge in [-0.2, -0.15) is 0 Å². The van der Waals surface area contributed by atoms with Gasteiger partial charge in [0, 0.05) is 38.1 Å². The standard InChI is InChI=1S/C31H32Cl3N3O2/c1-21(38)36-30(23-8-3-2-4-9-23)13-15-37(16-14-30)20-25-18-31(25,24-11-12-27(33)28(34)17-24)29(39)35-19-22-7-5-6-10-26(22)32/h2-12,17,25H,13-16,18-20H2,1H3,(H,35,39)(H,36,38)/t25-,31+/m0/s1. The number of likely N-dealkylation sites (tertiary alicyclic amines) is 1. The summed E-state index contributed by atoms with van der Waals surface area (Å²) in [5, 5.41) is 7.91. The summed E-state index contributed by atoms with van der Waals surface area (Å²) < 4.78 is 0. The van der Waals surface area contributed by atoms with E-state index in [4.69, 9.17) is 34.8 Å². The van der Waals surface area contributed by atoms with Gasteiger partial charge in [0.15, 0.2) is 0 Å². The summed E-state index contributed by atoms with van der Waals surface area (Å²) in [6.45, 7) is 4.36. The van der Waals surface area contributed by atoms with Gasteiger partial charge in [0.1, 0.15) is 0 Å². The largest absolute Gasteiger partial charge is 0.351 e. The number of carbonyl (C=O) groups excluding carboxylic acids is 2. The zero-order valence-corrected chi connectivity index (χ0v) is 24.1. The summed E-state index contributed by atoms with van der Waals surface area (Å²) in [6, 6.07) is 23.2. The van der Waals surface area contributed by atoms with Crippen molar-refractivity contribution in [3.63, 3.8) is 0 Å². The van der Waals surface area contributed by atoms with E-state index in [1.165, 1.54) is 0 Å². The van der Waals surface area contributed by atoms with Gasteiger partial charge in [-0.05, 0) is 60.1 Å². The SMILES string of the molecule is CC(=O)NC1(c2ccccc2)CCN(C[C@@H]2C[C@@]2(C(=O)NCc2ccccc2Cl)c2ccc(Cl)c(Cl)c2)CC1. The van der Waals surface area contributed by atoms with E-state index in [0.717, 1.165) is 55.6 Å². The van der Waals surface area contributed by atoms with Gasteiger partial charge < -0.3 is 15.5 Å². The summed E-state index contributed by atoms with van der Waals surface area (Å²) in [7, 11) is 0. The Hall–Kier alpha value is -2.57. The first-order valence-electron chi connectivity index (χ1n) is 13.3. The Morgan fingerprint density at radius 2 is 1.56 bits per heavy atom. The predicted molar refractivity (Wildman–Crippen MR) is 157 cm³/mol. The number of rotatable bonds is 8. The van der Waals surface area contributed by atoms with E-state index in [2.05, 4.69) is 27.7 Å². The average molecular weight is 585 g/mol. The molecule has 2 aliphatic rings. The second kappa shape index (κ2) is 11.5. The molecule has 5 rings (SSSR count). The Morgan fingerprint density at radius 1 is 0.872 bits per heavy atom.